The van der Waals surface area contributed by atoms with Gasteiger partial charge in [-0.3, -0.25) is 9.59 Å². The number of anilines is 2. The van der Waals surface area contributed by atoms with Gasteiger partial charge in [0.05, 0.1) is 6.42 Å². The monoisotopic (exact) mass is 487 g/mol. The second kappa shape index (κ2) is 11.5. The highest BCUT2D eigenvalue weighted by molar-refractivity contribution is 8.00. The summed E-state index contributed by atoms with van der Waals surface area (Å²) in [5.74, 6) is 0.196. The summed E-state index contributed by atoms with van der Waals surface area (Å²) in [5.41, 5.74) is 2.42. The van der Waals surface area contributed by atoms with Gasteiger partial charge in [0.15, 0.2) is 0 Å². The van der Waals surface area contributed by atoms with Crippen LogP contribution in [0.1, 0.15) is 16.4 Å². The van der Waals surface area contributed by atoms with E-state index in [0.717, 1.165) is 16.0 Å². The first-order valence-electron chi connectivity index (χ1n) is 10.6. The van der Waals surface area contributed by atoms with Crippen LogP contribution in [-0.2, 0) is 16.0 Å². The predicted octanol–water partition coefficient (Wildman–Crippen LogP) is 6.39. The van der Waals surface area contributed by atoms with Crippen LogP contribution in [0.2, 0.25) is 5.02 Å². The van der Waals surface area contributed by atoms with Gasteiger partial charge in [-0.05, 0) is 53.6 Å². The van der Waals surface area contributed by atoms with E-state index < -0.39 is 5.25 Å². The molecule has 4 aromatic rings. The summed E-state index contributed by atoms with van der Waals surface area (Å²) >= 11 is 7.32. The van der Waals surface area contributed by atoms with Crippen molar-refractivity contribution in [2.75, 3.05) is 10.6 Å². The summed E-state index contributed by atoms with van der Waals surface area (Å²) in [5, 5.41) is 5.96. The van der Waals surface area contributed by atoms with E-state index >= 15 is 0 Å². The average Bonchev–Trinajstić information content (AvgIpc) is 2.85. The maximum atomic E-state index is 13.2. The van der Waals surface area contributed by atoms with Crippen molar-refractivity contribution in [1.29, 1.82) is 0 Å². The standard InChI is InChI=1S/C27H22ClN3O2S/c28-21-14-12-19(13-15-21)17-25(32)30-22-9-6-10-23(18-22)34-26(20-7-2-1-3-8-20)27(33)31-24-11-4-5-16-29-24/h1-16,18,26H,17H2,(H,30,32)(H,29,31,33). The van der Waals surface area contributed by atoms with Gasteiger partial charge in [0.2, 0.25) is 11.8 Å². The average molecular weight is 488 g/mol. The van der Waals surface area contributed by atoms with Crippen molar-refractivity contribution < 1.29 is 9.59 Å². The molecule has 0 aliphatic heterocycles. The minimum Gasteiger partial charge on any atom is -0.326 e. The molecule has 1 unspecified atom stereocenters. The number of rotatable bonds is 8. The molecule has 0 saturated carbocycles. The zero-order valence-corrected chi connectivity index (χ0v) is 19.7. The molecule has 7 heteroatoms. The molecule has 0 radical (unpaired) electrons. The van der Waals surface area contributed by atoms with Gasteiger partial charge in [-0.2, -0.15) is 0 Å². The summed E-state index contributed by atoms with van der Waals surface area (Å²) in [6.07, 6.45) is 1.88. The number of nitrogens with one attached hydrogen (secondary N) is 2. The predicted molar refractivity (Wildman–Crippen MR) is 138 cm³/mol. The van der Waals surface area contributed by atoms with E-state index in [1.165, 1.54) is 11.8 Å². The van der Waals surface area contributed by atoms with Gasteiger partial charge < -0.3 is 10.6 Å². The maximum absolute atomic E-state index is 13.2. The number of hydrogen-bond acceptors (Lipinski definition) is 4. The van der Waals surface area contributed by atoms with Gasteiger partial charge in [-0.25, -0.2) is 4.98 Å². The summed E-state index contributed by atoms with van der Waals surface area (Å²) in [6, 6.07) is 29.6. The molecule has 2 N–H and O–H groups in total. The van der Waals surface area contributed by atoms with Crippen molar-refractivity contribution in [3.63, 3.8) is 0 Å². The molecule has 0 fully saturated rings. The van der Waals surface area contributed by atoms with E-state index in [2.05, 4.69) is 15.6 Å². The van der Waals surface area contributed by atoms with Gasteiger partial charge in [0.25, 0.3) is 0 Å². The Morgan fingerprint density at radius 1 is 0.853 bits per heavy atom. The molecule has 3 aromatic carbocycles. The van der Waals surface area contributed by atoms with Crippen LogP contribution in [0, 0.1) is 0 Å². The molecule has 5 nitrogen and oxygen atoms in total. The van der Waals surface area contributed by atoms with Crippen LogP contribution >= 0.6 is 23.4 Å². The Morgan fingerprint density at radius 2 is 1.62 bits per heavy atom. The number of hydrogen-bond donors (Lipinski definition) is 2. The smallest absolute Gasteiger partial charge is 0.243 e. The number of nitrogens with zero attached hydrogens (tertiary/aromatic N) is 1. The van der Waals surface area contributed by atoms with Crippen molar-refractivity contribution in [2.45, 2.75) is 16.6 Å². The Labute approximate surface area is 207 Å². The summed E-state index contributed by atoms with van der Waals surface area (Å²) in [7, 11) is 0. The number of halogens is 1. The molecule has 4 rings (SSSR count). The fourth-order valence-electron chi connectivity index (χ4n) is 3.31. The fourth-order valence-corrected chi connectivity index (χ4v) is 4.51. The zero-order valence-electron chi connectivity index (χ0n) is 18.1. The van der Waals surface area contributed by atoms with Crippen LogP contribution < -0.4 is 10.6 Å². The Balaban J connectivity index is 1.48. The van der Waals surface area contributed by atoms with Crippen molar-refractivity contribution in [1.82, 2.24) is 4.98 Å². The number of carbonyl (C=O) groups excluding carboxylic acids is 2. The summed E-state index contributed by atoms with van der Waals surface area (Å²) in [4.78, 5) is 30.7. The van der Waals surface area contributed by atoms with Crippen molar-refractivity contribution in [3.05, 3.63) is 119 Å². The highest BCUT2D eigenvalue weighted by atomic mass is 35.5. The van der Waals surface area contributed by atoms with Gasteiger partial charge in [-0.15, -0.1) is 11.8 Å². The quantitative estimate of drug-likeness (QED) is 0.282. The third-order valence-electron chi connectivity index (χ3n) is 4.91. The third-order valence-corrected chi connectivity index (χ3v) is 6.41. The Morgan fingerprint density at radius 3 is 2.35 bits per heavy atom. The van der Waals surface area contributed by atoms with Crippen LogP contribution in [0.3, 0.4) is 0 Å². The molecule has 1 atom stereocenters. The van der Waals surface area contributed by atoms with Gasteiger partial charge in [0.1, 0.15) is 11.1 Å². The first kappa shape index (κ1) is 23.5. The van der Waals surface area contributed by atoms with Gasteiger partial charge >= 0.3 is 0 Å². The normalized spacial score (nSPS) is 11.4. The van der Waals surface area contributed by atoms with Crippen molar-refractivity contribution in [3.8, 4) is 0 Å². The molecule has 2 amide bonds. The lowest BCUT2D eigenvalue weighted by Crippen LogP contribution is -2.19. The SMILES string of the molecule is O=C(Cc1ccc(Cl)cc1)Nc1cccc(SC(C(=O)Nc2ccccn2)c2ccccc2)c1. The summed E-state index contributed by atoms with van der Waals surface area (Å²) in [6.45, 7) is 0. The largest absolute Gasteiger partial charge is 0.326 e. The van der Waals surface area contributed by atoms with Crippen molar-refractivity contribution in [2.24, 2.45) is 0 Å². The maximum Gasteiger partial charge on any atom is 0.243 e. The number of benzene rings is 3. The molecule has 0 spiro atoms. The van der Waals surface area contributed by atoms with E-state index in [4.69, 9.17) is 11.6 Å². The molecule has 0 saturated heterocycles. The minimum atomic E-state index is -0.497. The van der Waals surface area contributed by atoms with Crippen LogP contribution in [0.4, 0.5) is 11.5 Å². The molecule has 1 aromatic heterocycles. The Bertz CT molecular complexity index is 1250. The van der Waals surface area contributed by atoms with Gasteiger partial charge in [0, 0.05) is 21.8 Å². The fraction of sp³-hybridized carbons (Fsp3) is 0.0741. The highest BCUT2D eigenvalue weighted by Gasteiger charge is 2.22. The molecule has 170 valence electrons. The molecule has 1 heterocycles. The first-order valence-corrected chi connectivity index (χ1v) is 11.9. The van der Waals surface area contributed by atoms with E-state index in [1.54, 1.807) is 30.5 Å². The molecule has 0 aliphatic rings. The van der Waals surface area contributed by atoms with Crippen LogP contribution in [0.5, 0.6) is 0 Å². The lowest BCUT2D eigenvalue weighted by atomic mass is 10.1. The Kier molecular flexibility index (Phi) is 7.96. The molecule has 34 heavy (non-hydrogen) atoms. The molecule has 0 bridgehead atoms. The highest BCUT2D eigenvalue weighted by Crippen LogP contribution is 2.37. The lowest BCUT2D eigenvalue weighted by molar-refractivity contribution is -0.116. The van der Waals surface area contributed by atoms with Crippen LogP contribution in [-0.4, -0.2) is 16.8 Å². The number of thioether (sulfide) groups is 1. The topological polar surface area (TPSA) is 71.1 Å². The Hall–Kier alpha value is -3.61. The zero-order chi connectivity index (χ0) is 23.8. The number of aromatic nitrogens is 1. The minimum absolute atomic E-state index is 0.128. The first-order chi connectivity index (χ1) is 16.6. The van der Waals surface area contributed by atoms with Crippen LogP contribution in [0.25, 0.3) is 0 Å². The molecular weight excluding hydrogens is 466 g/mol. The van der Waals surface area contributed by atoms with Gasteiger partial charge in [-0.1, -0.05) is 66.2 Å². The molecule has 0 aliphatic carbocycles. The van der Waals surface area contributed by atoms with E-state index in [-0.39, 0.29) is 18.2 Å². The number of carbonyl (C=O) groups is 2. The lowest BCUT2D eigenvalue weighted by Gasteiger charge is -2.17. The van der Waals surface area contributed by atoms with E-state index in [1.807, 2.05) is 72.8 Å². The second-order valence-electron chi connectivity index (χ2n) is 7.49. The second-order valence-corrected chi connectivity index (χ2v) is 9.11. The third kappa shape index (κ3) is 6.70. The van der Waals surface area contributed by atoms with Crippen LogP contribution in [0.15, 0.2) is 108 Å². The van der Waals surface area contributed by atoms with Crippen molar-refractivity contribution >= 4 is 46.7 Å². The summed E-state index contributed by atoms with van der Waals surface area (Å²) < 4.78 is 0. The van der Waals surface area contributed by atoms with E-state index in [9.17, 15) is 9.59 Å². The number of pyridine rings is 1. The number of amides is 2. The molecular formula is C27H22ClN3O2S. The van der Waals surface area contributed by atoms with E-state index in [0.29, 0.717) is 16.5 Å².